The summed E-state index contributed by atoms with van der Waals surface area (Å²) < 4.78 is 0.896. The number of rotatable bonds is 4. The number of halogens is 1. The van der Waals surface area contributed by atoms with Crippen molar-refractivity contribution in [2.24, 2.45) is 5.73 Å². The molecule has 0 aromatic heterocycles. The number of carbonyl (C=O) groups is 1. The van der Waals surface area contributed by atoms with Crippen molar-refractivity contribution in [1.82, 2.24) is 5.32 Å². The summed E-state index contributed by atoms with van der Waals surface area (Å²) >= 11 is 3.35. The van der Waals surface area contributed by atoms with E-state index >= 15 is 0 Å². The van der Waals surface area contributed by atoms with Gasteiger partial charge in [-0.2, -0.15) is 0 Å². The Labute approximate surface area is 121 Å². The lowest BCUT2D eigenvalue weighted by molar-refractivity contribution is 0.0951. The van der Waals surface area contributed by atoms with Gasteiger partial charge in [-0.1, -0.05) is 46.3 Å². The SMILES string of the molecule is NCc1ccc(CNC(=O)c2cccc(Br)c2)cc1. The Bertz CT molecular complexity index is 567. The summed E-state index contributed by atoms with van der Waals surface area (Å²) in [6, 6.07) is 15.2. The quantitative estimate of drug-likeness (QED) is 0.910. The highest BCUT2D eigenvalue weighted by atomic mass is 79.9. The van der Waals surface area contributed by atoms with Crippen molar-refractivity contribution in [3.05, 3.63) is 69.7 Å². The van der Waals surface area contributed by atoms with Gasteiger partial charge in [-0.05, 0) is 29.3 Å². The molecule has 0 radical (unpaired) electrons. The summed E-state index contributed by atoms with van der Waals surface area (Å²) in [6.07, 6.45) is 0. The zero-order valence-electron chi connectivity index (χ0n) is 10.4. The third kappa shape index (κ3) is 3.91. The molecule has 0 fully saturated rings. The summed E-state index contributed by atoms with van der Waals surface area (Å²) in [7, 11) is 0. The maximum atomic E-state index is 11.9. The molecule has 4 heteroatoms. The number of nitrogens with one attached hydrogen (secondary N) is 1. The lowest BCUT2D eigenvalue weighted by Crippen LogP contribution is -2.22. The van der Waals surface area contributed by atoms with E-state index in [0.717, 1.165) is 15.6 Å². The Morgan fingerprint density at radius 3 is 2.42 bits per heavy atom. The predicted molar refractivity (Wildman–Crippen MR) is 79.6 cm³/mol. The number of carbonyl (C=O) groups excluding carboxylic acids is 1. The highest BCUT2D eigenvalue weighted by molar-refractivity contribution is 9.10. The molecule has 0 spiro atoms. The van der Waals surface area contributed by atoms with Gasteiger partial charge in [0.15, 0.2) is 0 Å². The first-order valence-electron chi connectivity index (χ1n) is 6.00. The van der Waals surface area contributed by atoms with Crippen LogP contribution in [0, 0.1) is 0 Å². The smallest absolute Gasteiger partial charge is 0.251 e. The molecule has 0 heterocycles. The van der Waals surface area contributed by atoms with Gasteiger partial charge in [0.05, 0.1) is 0 Å². The second kappa shape index (κ2) is 6.50. The Kier molecular flexibility index (Phi) is 4.71. The van der Waals surface area contributed by atoms with Crippen LogP contribution >= 0.6 is 15.9 Å². The summed E-state index contributed by atoms with van der Waals surface area (Å²) in [4.78, 5) is 11.9. The third-order valence-electron chi connectivity index (χ3n) is 2.80. The summed E-state index contributed by atoms with van der Waals surface area (Å²) in [6.45, 7) is 1.04. The molecule has 3 nitrogen and oxygen atoms in total. The first kappa shape index (κ1) is 13.8. The van der Waals surface area contributed by atoms with Crippen LogP contribution in [0.15, 0.2) is 53.0 Å². The van der Waals surface area contributed by atoms with Crippen LogP contribution in [0.2, 0.25) is 0 Å². The zero-order valence-corrected chi connectivity index (χ0v) is 12.0. The minimum absolute atomic E-state index is 0.0794. The maximum absolute atomic E-state index is 11.9. The van der Waals surface area contributed by atoms with Gasteiger partial charge in [-0.3, -0.25) is 4.79 Å². The van der Waals surface area contributed by atoms with Crippen LogP contribution in [0.4, 0.5) is 0 Å². The lowest BCUT2D eigenvalue weighted by Gasteiger charge is -2.06. The van der Waals surface area contributed by atoms with Gasteiger partial charge in [-0.25, -0.2) is 0 Å². The molecule has 0 saturated heterocycles. The van der Waals surface area contributed by atoms with Crippen molar-refractivity contribution in [2.75, 3.05) is 0 Å². The average molecular weight is 319 g/mol. The maximum Gasteiger partial charge on any atom is 0.251 e. The van der Waals surface area contributed by atoms with Crippen molar-refractivity contribution in [3.63, 3.8) is 0 Å². The molecule has 0 bridgehead atoms. The molecule has 1 amide bonds. The molecule has 0 aliphatic rings. The van der Waals surface area contributed by atoms with E-state index in [-0.39, 0.29) is 5.91 Å². The fraction of sp³-hybridized carbons (Fsp3) is 0.133. The third-order valence-corrected chi connectivity index (χ3v) is 3.29. The van der Waals surface area contributed by atoms with Crippen LogP contribution in [0.25, 0.3) is 0 Å². The number of hydrogen-bond donors (Lipinski definition) is 2. The monoisotopic (exact) mass is 318 g/mol. The molecule has 0 saturated carbocycles. The van der Waals surface area contributed by atoms with Crippen LogP contribution in [0.1, 0.15) is 21.5 Å². The second-order valence-electron chi connectivity index (χ2n) is 4.21. The fourth-order valence-corrected chi connectivity index (χ4v) is 2.11. The van der Waals surface area contributed by atoms with Crippen LogP contribution in [0.5, 0.6) is 0 Å². The van der Waals surface area contributed by atoms with Crippen molar-refractivity contribution in [1.29, 1.82) is 0 Å². The van der Waals surface area contributed by atoms with Gasteiger partial charge in [0.25, 0.3) is 5.91 Å². The highest BCUT2D eigenvalue weighted by Gasteiger charge is 2.05. The van der Waals surface area contributed by atoms with E-state index in [4.69, 9.17) is 5.73 Å². The van der Waals surface area contributed by atoms with Crippen molar-refractivity contribution in [3.8, 4) is 0 Å². The molecule has 19 heavy (non-hydrogen) atoms. The molecular weight excluding hydrogens is 304 g/mol. The molecule has 2 rings (SSSR count). The average Bonchev–Trinajstić information content (AvgIpc) is 2.45. The van der Waals surface area contributed by atoms with Gasteiger partial charge in [0.1, 0.15) is 0 Å². The minimum Gasteiger partial charge on any atom is -0.348 e. The van der Waals surface area contributed by atoms with E-state index in [9.17, 15) is 4.79 Å². The summed E-state index contributed by atoms with van der Waals surface area (Å²) in [5.74, 6) is -0.0794. The molecule has 0 atom stereocenters. The number of hydrogen-bond acceptors (Lipinski definition) is 2. The second-order valence-corrected chi connectivity index (χ2v) is 5.13. The number of benzene rings is 2. The number of nitrogens with two attached hydrogens (primary N) is 1. The van der Waals surface area contributed by atoms with Crippen molar-refractivity contribution >= 4 is 21.8 Å². The van der Waals surface area contributed by atoms with E-state index in [1.165, 1.54) is 0 Å². The summed E-state index contributed by atoms with van der Waals surface area (Å²) in [5, 5.41) is 2.89. The standard InChI is InChI=1S/C15H15BrN2O/c16-14-3-1-2-13(8-14)15(19)18-10-12-6-4-11(9-17)5-7-12/h1-8H,9-10,17H2,(H,18,19). The first-order valence-corrected chi connectivity index (χ1v) is 6.80. The van der Waals surface area contributed by atoms with Gasteiger partial charge in [0, 0.05) is 23.1 Å². The van der Waals surface area contributed by atoms with E-state index in [1.54, 1.807) is 12.1 Å². The molecule has 0 unspecified atom stereocenters. The molecule has 2 aromatic rings. The molecule has 2 aromatic carbocycles. The van der Waals surface area contributed by atoms with Gasteiger partial charge in [-0.15, -0.1) is 0 Å². The zero-order chi connectivity index (χ0) is 13.7. The Balaban J connectivity index is 1.96. The molecule has 98 valence electrons. The molecule has 0 aliphatic heterocycles. The van der Waals surface area contributed by atoms with Crippen LogP contribution in [0.3, 0.4) is 0 Å². The van der Waals surface area contributed by atoms with Gasteiger partial charge in [0.2, 0.25) is 0 Å². The van der Waals surface area contributed by atoms with E-state index in [0.29, 0.717) is 18.7 Å². The van der Waals surface area contributed by atoms with Gasteiger partial charge >= 0.3 is 0 Å². The molecular formula is C15H15BrN2O. The van der Waals surface area contributed by atoms with Crippen LogP contribution < -0.4 is 11.1 Å². The number of amides is 1. The van der Waals surface area contributed by atoms with Crippen molar-refractivity contribution < 1.29 is 4.79 Å². The summed E-state index contributed by atoms with van der Waals surface area (Å²) in [5.41, 5.74) is 8.33. The first-order chi connectivity index (χ1) is 9.19. The predicted octanol–water partition coefficient (Wildman–Crippen LogP) is 2.84. The topological polar surface area (TPSA) is 55.1 Å². The van der Waals surface area contributed by atoms with Crippen molar-refractivity contribution in [2.45, 2.75) is 13.1 Å². The van der Waals surface area contributed by atoms with E-state index in [2.05, 4.69) is 21.2 Å². The van der Waals surface area contributed by atoms with Crippen LogP contribution in [-0.2, 0) is 13.1 Å². The Morgan fingerprint density at radius 2 is 1.79 bits per heavy atom. The van der Waals surface area contributed by atoms with E-state index < -0.39 is 0 Å². The Morgan fingerprint density at radius 1 is 1.11 bits per heavy atom. The fourth-order valence-electron chi connectivity index (χ4n) is 1.71. The largest absolute Gasteiger partial charge is 0.348 e. The normalized spacial score (nSPS) is 10.2. The molecule has 3 N–H and O–H groups in total. The highest BCUT2D eigenvalue weighted by Crippen LogP contribution is 2.11. The van der Waals surface area contributed by atoms with E-state index in [1.807, 2.05) is 36.4 Å². The Hall–Kier alpha value is -1.65. The molecule has 0 aliphatic carbocycles. The lowest BCUT2D eigenvalue weighted by atomic mass is 10.1. The minimum atomic E-state index is -0.0794. The van der Waals surface area contributed by atoms with Crippen LogP contribution in [-0.4, -0.2) is 5.91 Å². The van der Waals surface area contributed by atoms with Gasteiger partial charge < -0.3 is 11.1 Å².